The Morgan fingerprint density at radius 1 is 1.28 bits per heavy atom. The van der Waals surface area contributed by atoms with Crippen molar-refractivity contribution in [1.82, 2.24) is 15.6 Å². The molecule has 2 saturated carbocycles. The number of aliphatic imine (C=N–C) groups is 1. The molecule has 1 heterocycles. The smallest absolute Gasteiger partial charge is 0.213 e. The van der Waals surface area contributed by atoms with Crippen LogP contribution in [0.3, 0.4) is 0 Å². The Hall–Kier alpha value is -1.09. The fourth-order valence-electron chi connectivity index (χ4n) is 3.95. The van der Waals surface area contributed by atoms with Gasteiger partial charge in [-0.2, -0.15) is 0 Å². The van der Waals surface area contributed by atoms with E-state index in [1.165, 1.54) is 44.9 Å². The van der Waals surface area contributed by atoms with Crippen molar-refractivity contribution >= 4 is 29.9 Å². The first-order valence-electron chi connectivity index (χ1n) is 10.9. The van der Waals surface area contributed by atoms with Gasteiger partial charge < -0.3 is 20.5 Å². The number of hydrogen-bond acceptors (Lipinski definition) is 4. The second kappa shape index (κ2) is 12.6. The Bertz CT molecular complexity index is 625. The lowest BCUT2D eigenvalue weighted by molar-refractivity contribution is 0.131. The number of hydrogen-bond donors (Lipinski definition) is 3. The summed E-state index contributed by atoms with van der Waals surface area (Å²) in [4.78, 5) is 9.06. The van der Waals surface area contributed by atoms with E-state index < -0.39 is 0 Å². The maximum atomic E-state index is 9.52. The van der Waals surface area contributed by atoms with Gasteiger partial charge in [0.05, 0.1) is 13.2 Å². The number of nitrogens with zero attached hydrogens (tertiary/aromatic N) is 2. The summed E-state index contributed by atoms with van der Waals surface area (Å²) in [5, 5.41) is 16.4. The Kier molecular flexibility index (Phi) is 10.5. The topological polar surface area (TPSA) is 78.8 Å². The second-order valence-corrected chi connectivity index (χ2v) is 8.34. The first-order chi connectivity index (χ1) is 13.7. The highest BCUT2D eigenvalue weighted by molar-refractivity contribution is 14.0. The molecule has 0 aliphatic heterocycles. The third kappa shape index (κ3) is 8.28. The average Bonchev–Trinajstić information content (AvgIpc) is 3.54. The molecule has 0 spiro atoms. The van der Waals surface area contributed by atoms with E-state index >= 15 is 0 Å². The van der Waals surface area contributed by atoms with Crippen molar-refractivity contribution in [2.24, 2.45) is 16.3 Å². The first-order valence-corrected chi connectivity index (χ1v) is 10.9. The third-order valence-electron chi connectivity index (χ3n) is 5.91. The summed E-state index contributed by atoms with van der Waals surface area (Å²) in [6.07, 6.45) is 11.4. The summed E-state index contributed by atoms with van der Waals surface area (Å²) < 4.78 is 5.78. The zero-order chi connectivity index (χ0) is 19.7. The standard InChI is InChI=1S/C22H36N4O2.HI/c1-2-23-21(26-17-22(11-13-27)9-4-3-5-10-22)25-15-19-8-12-24-20(14-19)28-16-18-6-7-18;/h8,12,14,18,27H,2-7,9-11,13,15-17H2,1H3,(H2,23,25,26);1H. The minimum atomic E-state index is 0. The lowest BCUT2D eigenvalue weighted by Gasteiger charge is -2.37. The normalized spacial score (nSPS) is 18.6. The molecule has 7 heteroatoms. The summed E-state index contributed by atoms with van der Waals surface area (Å²) in [5.41, 5.74) is 1.30. The third-order valence-corrected chi connectivity index (χ3v) is 5.91. The van der Waals surface area contributed by atoms with Crippen LogP contribution in [-0.4, -0.2) is 42.4 Å². The van der Waals surface area contributed by atoms with E-state index in [4.69, 9.17) is 9.73 Å². The predicted molar refractivity (Wildman–Crippen MR) is 128 cm³/mol. The minimum Gasteiger partial charge on any atom is -0.477 e. The van der Waals surface area contributed by atoms with E-state index in [2.05, 4.69) is 22.5 Å². The highest BCUT2D eigenvalue weighted by atomic mass is 127. The molecule has 2 aliphatic carbocycles. The van der Waals surface area contributed by atoms with Crippen LogP contribution in [0, 0.1) is 11.3 Å². The second-order valence-electron chi connectivity index (χ2n) is 8.34. The number of ether oxygens (including phenoxy) is 1. The van der Waals surface area contributed by atoms with Crippen molar-refractivity contribution < 1.29 is 9.84 Å². The molecule has 0 radical (unpaired) electrons. The molecule has 1 aromatic heterocycles. The van der Waals surface area contributed by atoms with Gasteiger partial charge >= 0.3 is 0 Å². The van der Waals surface area contributed by atoms with Gasteiger partial charge in [-0.3, -0.25) is 0 Å². The van der Waals surface area contributed by atoms with Crippen LogP contribution < -0.4 is 15.4 Å². The molecule has 6 nitrogen and oxygen atoms in total. The van der Waals surface area contributed by atoms with Gasteiger partial charge in [-0.1, -0.05) is 19.3 Å². The van der Waals surface area contributed by atoms with E-state index in [-0.39, 0.29) is 36.0 Å². The Balaban J connectivity index is 0.00000300. The highest BCUT2D eigenvalue weighted by Gasteiger charge is 2.31. The number of aliphatic hydroxyl groups is 1. The molecule has 2 fully saturated rings. The van der Waals surface area contributed by atoms with Crippen molar-refractivity contribution in [2.45, 2.75) is 64.8 Å². The summed E-state index contributed by atoms with van der Waals surface area (Å²) in [7, 11) is 0. The monoisotopic (exact) mass is 516 g/mol. The number of guanidine groups is 1. The zero-order valence-corrected chi connectivity index (χ0v) is 20.0. The van der Waals surface area contributed by atoms with Crippen LogP contribution in [0.15, 0.2) is 23.3 Å². The van der Waals surface area contributed by atoms with Crippen LogP contribution in [0.5, 0.6) is 5.88 Å². The van der Waals surface area contributed by atoms with Crippen LogP contribution in [0.2, 0.25) is 0 Å². The Morgan fingerprint density at radius 3 is 2.76 bits per heavy atom. The lowest BCUT2D eigenvalue weighted by atomic mass is 9.72. The molecule has 2 aliphatic rings. The molecular formula is C22H37IN4O2. The quantitative estimate of drug-likeness (QED) is 0.250. The number of aromatic nitrogens is 1. The molecule has 0 unspecified atom stereocenters. The minimum absolute atomic E-state index is 0. The molecule has 0 aromatic carbocycles. The van der Waals surface area contributed by atoms with Crippen LogP contribution in [-0.2, 0) is 6.54 Å². The number of nitrogens with one attached hydrogen (secondary N) is 2. The molecule has 0 amide bonds. The van der Waals surface area contributed by atoms with Crippen molar-refractivity contribution in [3.05, 3.63) is 23.9 Å². The van der Waals surface area contributed by atoms with Crippen LogP contribution in [0.1, 0.15) is 63.9 Å². The van der Waals surface area contributed by atoms with Crippen molar-refractivity contribution in [3.8, 4) is 5.88 Å². The largest absolute Gasteiger partial charge is 0.477 e. The van der Waals surface area contributed by atoms with Crippen LogP contribution >= 0.6 is 24.0 Å². The molecule has 164 valence electrons. The van der Waals surface area contributed by atoms with Gasteiger partial charge in [-0.05, 0) is 62.0 Å². The summed E-state index contributed by atoms with van der Waals surface area (Å²) >= 11 is 0. The van der Waals surface area contributed by atoms with Gasteiger partial charge in [0, 0.05) is 32.0 Å². The average molecular weight is 516 g/mol. The van der Waals surface area contributed by atoms with Crippen molar-refractivity contribution in [2.75, 3.05) is 26.3 Å². The number of pyridine rings is 1. The number of halogens is 1. The summed E-state index contributed by atoms with van der Waals surface area (Å²) in [6, 6.07) is 3.98. The fraction of sp³-hybridized carbons (Fsp3) is 0.727. The van der Waals surface area contributed by atoms with Gasteiger partial charge in [0.2, 0.25) is 5.88 Å². The predicted octanol–water partition coefficient (Wildman–Crippen LogP) is 3.88. The van der Waals surface area contributed by atoms with Crippen molar-refractivity contribution in [1.29, 1.82) is 0 Å². The maximum absolute atomic E-state index is 9.52. The number of aliphatic hydroxyl groups excluding tert-OH is 1. The highest BCUT2D eigenvalue weighted by Crippen LogP contribution is 2.38. The maximum Gasteiger partial charge on any atom is 0.213 e. The van der Waals surface area contributed by atoms with Gasteiger partial charge in [0.15, 0.2) is 5.96 Å². The molecular weight excluding hydrogens is 479 g/mol. The number of rotatable bonds is 10. The first kappa shape index (κ1) is 24.2. The van der Waals surface area contributed by atoms with E-state index in [1.54, 1.807) is 6.20 Å². The van der Waals surface area contributed by atoms with Gasteiger partial charge in [-0.15, -0.1) is 24.0 Å². The van der Waals surface area contributed by atoms with E-state index in [9.17, 15) is 5.11 Å². The Labute approximate surface area is 192 Å². The zero-order valence-electron chi connectivity index (χ0n) is 17.7. The van der Waals surface area contributed by atoms with Crippen LogP contribution in [0.4, 0.5) is 0 Å². The molecule has 1 aromatic rings. The molecule has 29 heavy (non-hydrogen) atoms. The summed E-state index contributed by atoms with van der Waals surface area (Å²) in [6.45, 7) is 5.39. The fourth-order valence-corrected chi connectivity index (χ4v) is 3.95. The van der Waals surface area contributed by atoms with Crippen molar-refractivity contribution in [3.63, 3.8) is 0 Å². The van der Waals surface area contributed by atoms with E-state index in [0.29, 0.717) is 12.4 Å². The molecule has 0 bridgehead atoms. The Morgan fingerprint density at radius 2 is 2.07 bits per heavy atom. The van der Waals surface area contributed by atoms with Gasteiger partial charge in [0.25, 0.3) is 0 Å². The SMILES string of the molecule is CCNC(=NCc1ccnc(OCC2CC2)c1)NCC1(CCO)CCCCC1.I. The molecule has 3 rings (SSSR count). The molecule has 0 saturated heterocycles. The van der Waals surface area contributed by atoms with E-state index in [0.717, 1.165) is 43.6 Å². The summed E-state index contributed by atoms with van der Waals surface area (Å²) in [5.74, 6) is 2.25. The molecule has 3 N–H and O–H groups in total. The lowest BCUT2D eigenvalue weighted by Crippen LogP contribution is -2.44. The van der Waals surface area contributed by atoms with Gasteiger partial charge in [0.1, 0.15) is 0 Å². The van der Waals surface area contributed by atoms with Crippen LogP contribution in [0.25, 0.3) is 0 Å². The van der Waals surface area contributed by atoms with Gasteiger partial charge in [-0.25, -0.2) is 9.98 Å². The molecule has 0 atom stereocenters. The van der Waals surface area contributed by atoms with E-state index in [1.807, 2.05) is 12.1 Å².